The second-order valence-electron chi connectivity index (χ2n) is 4.85. The third kappa shape index (κ3) is 2.85. The lowest BCUT2D eigenvalue weighted by atomic mass is 10.1. The van der Waals surface area contributed by atoms with E-state index in [4.69, 9.17) is 4.74 Å². The molecule has 1 heterocycles. The van der Waals surface area contributed by atoms with Gasteiger partial charge in [0.15, 0.2) is 0 Å². The van der Waals surface area contributed by atoms with Gasteiger partial charge in [0.05, 0.1) is 23.7 Å². The van der Waals surface area contributed by atoms with Crippen LogP contribution in [0.1, 0.15) is 10.4 Å². The monoisotopic (exact) mass is 372 g/mol. The van der Waals surface area contributed by atoms with Crippen molar-refractivity contribution in [2.75, 3.05) is 12.4 Å². The van der Waals surface area contributed by atoms with Crippen molar-refractivity contribution in [3.05, 3.63) is 68.9 Å². The summed E-state index contributed by atoms with van der Waals surface area (Å²) in [6, 6.07) is 12.3. The van der Waals surface area contributed by atoms with Crippen molar-refractivity contribution >= 4 is 38.4 Å². The predicted molar refractivity (Wildman–Crippen MR) is 93.2 cm³/mol. The minimum absolute atomic E-state index is 0.0431. The van der Waals surface area contributed by atoms with E-state index in [0.29, 0.717) is 22.3 Å². The van der Waals surface area contributed by atoms with E-state index in [1.54, 1.807) is 30.3 Å². The number of methoxy groups -OCH3 is 1. The van der Waals surface area contributed by atoms with Crippen LogP contribution < -0.4 is 15.5 Å². The highest BCUT2D eigenvalue weighted by molar-refractivity contribution is 9.10. The molecule has 0 bridgehead atoms. The molecule has 0 aliphatic carbocycles. The number of rotatable bonds is 3. The van der Waals surface area contributed by atoms with Gasteiger partial charge in [-0.05, 0) is 40.2 Å². The van der Waals surface area contributed by atoms with E-state index in [0.717, 1.165) is 4.47 Å². The van der Waals surface area contributed by atoms with Crippen LogP contribution in [0.4, 0.5) is 5.69 Å². The number of benzene rings is 2. The Bertz CT molecular complexity index is 950. The Morgan fingerprint density at radius 1 is 1.17 bits per heavy atom. The number of hydrogen-bond donors (Lipinski definition) is 2. The minimum atomic E-state index is -0.470. The number of nitrogens with one attached hydrogen (secondary N) is 2. The van der Waals surface area contributed by atoms with E-state index in [1.807, 2.05) is 12.1 Å². The molecule has 0 radical (unpaired) electrons. The highest BCUT2D eigenvalue weighted by Gasteiger charge is 2.15. The summed E-state index contributed by atoms with van der Waals surface area (Å²) in [5.74, 6) is 0.0835. The van der Waals surface area contributed by atoms with Gasteiger partial charge >= 0.3 is 0 Å². The second-order valence-corrected chi connectivity index (χ2v) is 5.70. The number of hydrogen-bond acceptors (Lipinski definition) is 3. The molecule has 0 atom stereocenters. The topological polar surface area (TPSA) is 71.2 Å². The number of halogens is 1. The molecule has 0 saturated heterocycles. The minimum Gasteiger partial charge on any atom is -0.495 e. The Labute approximate surface area is 140 Å². The maximum Gasteiger partial charge on any atom is 0.261 e. The number of fused-ring (bicyclic) bond motifs is 1. The van der Waals surface area contributed by atoms with Crippen LogP contribution in [0.25, 0.3) is 10.9 Å². The lowest BCUT2D eigenvalue weighted by Gasteiger charge is -2.09. The van der Waals surface area contributed by atoms with E-state index >= 15 is 0 Å². The summed E-state index contributed by atoms with van der Waals surface area (Å²) in [5.41, 5.74) is 0.865. The Kier molecular flexibility index (Phi) is 4.16. The number of carbonyl (C=O) groups excluding carboxylic acids is 1. The molecule has 6 heteroatoms. The molecule has 2 aromatic carbocycles. The molecular weight excluding hydrogens is 360 g/mol. The zero-order valence-electron chi connectivity index (χ0n) is 12.2. The summed E-state index contributed by atoms with van der Waals surface area (Å²) in [6.07, 6.45) is 1.40. The number of aromatic nitrogens is 1. The van der Waals surface area contributed by atoms with Crippen molar-refractivity contribution in [2.45, 2.75) is 0 Å². The lowest BCUT2D eigenvalue weighted by molar-refractivity contribution is 0.102. The molecule has 0 aliphatic rings. The van der Waals surface area contributed by atoms with Gasteiger partial charge in [0.1, 0.15) is 11.3 Å². The highest BCUT2D eigenvalue weighted by atomic mass is 79.9. The van der Waals surface area contributed by atoms with Crippen LogP contribution in [0.5, 0.6) is 5.75 Å². The van der Waals surface area contributed by atoms with Gasteiger partial charge in [-0.1, -0.05) is 18.2 Å². The number of para-hydroxylation sites is 2. The second kappa shape index (κ2) is 6.26. The van der Waals surface area contributed by atoms with Crippen molar-refractivity contribution in [3.63, 3.8) is 0 Å². The molecule has 0 saturated carbocycles. The average Bonchev–Trinajstić information content (AvgIpc) is 2.57. The molecule has 1 aromatic heterocycles. The zero-order chi connectivity index (χ0) is 16.4. The fourth-order valence-corrected chi connectivity index (χ4v) is 2.70. The quantitative estimate of drug-likeness (QED) is 0.738. The molecule has 1 amide bonds. The maximum atomic E-state index is 12.6. The Hall–Kier alpha value is -2.60. The summed E-state index contributed by atoms with van der Waals surface area (Å²) in [5, 5.41) is 3.13. The van der Waals surface area contributed by atoms with Gasteiger partial charge < -0.3 is 15.0 Å². The summed E-state index contributed by atoms with van der Waals surface area (Å²) in [6.45, 7) is 0. The van der Waals surface area contributed by atoms with Gasteiger partial charge in [0.2, 0.25) is 5.43 Å². The third-order valence-corrected chi connectivity index (χ3v) is 4.15. The largest absolute Gasteiger partial charge is 0.495 e. The molecule has 2 N–H and O–H groups in total. The molecule has 116 valence electrons. The smallest absolute Gasteiger partial charge is 0.261 e. The number of aromatic amines is 1. The van der Waals surface area contributed by atoms with Gasteiger partial charge in [-0.3, -0.25) is 9.59 Å². The normalized spacial score (nSPS) is 10.5. The van der Waals surface area contributed by atoms with E-state index < -0.39 is 5.91 Å². The average molecular weight is 373 g/mol. The van der Waals surface area contributed by atoms with E-state index in [2.05, 4.69) is 26.2 Å². The first kappa shape index (κ1) is 15.3. The molecule has 0 fully saturated rings. The molecule has 5 nitrogen and oxygen atoms in total. The summed E-state index contributed by atoms with van der Waals surface area (Å²) in [7, 11) is 1.53. The van der Waals surface area contributed by atoms with E-state index in [9.17, 15) is 9.59 Å². The Morgan fingerprint density at radius 3 is 2.70 bits per heavy atom. The maximum absolute atomic E-state index is 12.6. The first-order valence-corrected chi connectivity index (χ1v) is 7.65. The van der Waals surface area contributed by atoms with Gasteiger partial charge in [-0.15, -0.1) is 0 Å². The number of amides is 1. The van der Waals surface area contributed by atoms with Gasteiger partial charge in [-0.25, -0.2) is 0 Å². The molecule has 23 heavy (non-hydrogen) atoms. The van der Waals surface area contributed by atoms with Gasteiger partial charge in [0.25, 0.3) is 5.91 Å². The number of pyridine rings is 1. The number of carbonyl (C=O) groups is 1. The first-order chi connectivity index (χ1) is 11.1. The first-order valence-electron chi connectivity index (χ1n) is 6.86. The standard InChI is InChI=1S/C17H13BrN2O3/c1-23-14-8-4-5-10-15(14)19-9-11(16(10)21)17(22)20-13-7-3-2-6-12(13)18/h2-9H,1H3,(H,19,21)(H,20,22). The van der Waals surface area contributed by atoms with Crippen molar-refractivity contribution in [2.24, 2.45) is 0 Å². The van der Waals surface area contributed by atoms with Crippen LogP contribution in [0, 0.1) is 0 Å². The predicted octanol–water partition coefficient (Wildman–Crippen LogP) is 3.55. The van der Waals surface area contributed by atoms with Crippen LogP contribution in [0.15, 0.2) is 57.9 Å². The van der Waals surface area contributed by atoms with Crippen molar-refractivity contribution in [1.29, 1.82) is 0 Å². The summed E-state index contributed by atoms with van der Waals surface area (Å²) >= 11 is 3.36. The third-order valence-electron chi connectivity index (χ3n) is 3.46. The fraction of sp³-hybridized carbons (Fsp3) is 0.0588. The molecule has 0 unspecified atom stereocenters. The van der Waals surface area contributed by atoms with Crippen LogP contribution >= 0.6 is 15.9 Å². The molecular formula is C17H13BrN2O3. The molecule has 3 aromatic rings. The molecule has 3 rings (SSSR count). The highest BCUT2D eigenvalue weighted by Crippen LogP contribution is 2.23. The lowest BCUT2D eigenvalue weighted by Crippen LogP contribution is -2.22. The fourth-order valence-electron chi connectivity index (χ4n) is 2.32. The summed E-state index contributed by atoms with van der Waals surface area (Å²) in [4.78, 5) is 27.9. The van der Waals surface area contributed by atoms with Gasteiger partial charge in [-0.2, -0.15) is 0 Å². The zero-order valence-corrected chi connectivity index (χ0v) is 13.8. The Balaban J connectivity index is 2.04. The number of ether oxygens (including phenoxy) is 1. The SMILES string of the molecule is COc1cccc2c(=O)c(C(=O)Nc3ccccc3Br)c[nH]c12. The van der Waals surface area contributed by atoms with Crippen LogP contribution in [-0.2, 0) is 0 Å². The van der Waals surface area contributed by atoms with Crippen molar-refractivity contribution in [1.82, 2.24) is 4.98 Å². The van der Waals surface area contributed by atoms with Crippen LogP contribution in [0.2, 0.25) is 0 Å². The Morgan fingerprint density at radius 2 is 1.96 bits per heavy atom. The number of anilines is 1. The van der Waals surface area contributed by atoms with E-state index in [1.165, 1.54) is 13.3 Å². The summed E-state index contributed by atoms with van der Waals surface area (Å²) < 4.78 is 5.96. The van der Waals surface area contributed by atoms with Crippen LogP contribution in [0.3, 0.4) is 0 Å². The van der Waals surface area contributed by atoms with Crippen molar-refractivity contribution in [3.8, 4) is 5.75 Å². The number of H-pyrrole nitrogens is 1. The van der Waals surface area contributed by atoms with E-state index in [-0.39, 0.29) is 11.0 Å². The van der Waals surface area contributed by atoms with Crippen molar-refractivity contribution < 1.29 is 9.53 Å². The molecule has 0 aliphatic heterocycles. The molecule has 0 spiro atoms. The van der Waals surface area contributed by atoms with Gasteiger partial charge in [0, 0.05) is 10.7 Å². The van der Waals surface area contributed by atoms with Crippen LogP contribution in [-0.4, -0.2) is 18.0 Å².